The standard InChI is InChI=1S/C19H30N2O2/c1-13-4-3-5-19(2)11-17-14(10-16(13)19)15(18(22)23-17)12-21-8-6-20-7-9-21/h14-17,20H,1,3-12H2,2H3. The number of nitrogens with zero attached hydrogens (tertiary/aromatic N) is 1. The molecular weight excluding hydrogens is 288 g/mol. The van der Waals surface area contributed by atoms with Crippen molar-refractivity contribution in [3.8, 4) is 0 Å². The molecule has 23 heavy (non-hydrogen) atoms. The van der Waals surface area contributed by atoms with E-state index >= 15 is 0 Å². The van der Waals surface area contributed by atoms with Gasteiger partial charge in [0.25, 0.3) is 0 Å². The van der Waals surface area contributed by atoms with Gasteiger partial charge in [-0.1, -0.05) is 19.1 Å². The van der Waals surface area contributed by atoms with Crippen LogP contribution in [0.25, 0.3) is 0 Å². The van der Waals surface area contributed by atoms with Gasteiger partial charge in [0, 0.05) is 38.6 Å². The maximum atomic E-state index is 12.5. The van der Waals surface area contributed by atoms with E-state index in [1.807, 2.05) is 0 Å². The van der Waals surface area contributed by atoms with E-state index in [0.29, 0.717) is 17.3 Å². The van der Waals surface area contributed by atoms with E-state index in [9.17, 15) is 4.79 Å². The number of nitrogens with one attached hydrogen (secondary N) is 1. The lowest BCUT2D eigenvalue weighted by Crippen LogP contribution is -2.48. The Bertz CT molecular complexity index is 500. The molecule has 0 radical (unpaired) electrons. The number of fused-ring (bicyclic) bond motifs is 2. The summed E-state index contributed by atoms with van der Waals surface area (Å²) in [4.78, 5) is 15.0. The van der Waals surface area contributed by atoms with E-state index in [0.717, 1.165) is 45.6 Å². The topological polar surface area (TPSA) is 41.6 Å². The molecule has 2 aliphatic heterocycles. The molecule has 1 N–H and O–H groups in total. The van der Waals surface area contributed by atoms with Crippen molar-refractivity contribution in [3.05, 3.63) is 12.2 Å². The lowest BCUT2D eigenvalue weighted by molar-refractivity contribution is -0.146. The van der Waals surface area contributed by atoms with Crippen molar-refractivity contribution in [2.24, 2.45) is 23.2 Å². The fourth-order valence-corrected chi connectivity index (χ4v) is 5.64. The van der Waals surface area contributed by atoms with Gasteiger partial charge in [-0.3, -0.25) is 9.69 Å². The molecule has 5 unspecified atom stereocenters. The Labute approximate surface area is 139 Å². The Morgan fingerprint density at radius 3 is 2.96 bits per heavy atom. The highest BCUT2D eigenvalue weighted by molar-refractivity contribution is 5.75. The van der Waals surface area contributed by atoms with E-state index in [4.69, 9.17) is 4.74 Å². The third kappa shape index (κ3) is 2.74. The second kappa shape index (κ2) is 5.89. The van der Waals surface area contributed by atoms with Crippen LogP contribution in [0.3, 0.4) is 0 Å². The highest BCUT2D eigenvalue weighted by atomic mass is 16.6. The average molecular weight is 318 g/mol. The molecule has 2 aliphatic carbocycles. The predicted octanol–water partition coefficient (Wildman–Crippen LogP) is 2.21. The van der Waals surface area contributed by atoms with Gasteiger partial charge in [-0.2, -0.15) is 0 Å². The molecule has 4 heteroatoms. The van der Waals surface area contributed by atoms with Crippen LogP contribution in [0.5, 0.6) is 0 Å². The van der Waals surface area contributed by atoms with E-state index < -0.39 is 0 Å². The Balaban J connectivity index is 1.50. The summed E-state index contributed by atoms with van der Waals surface area (Å²) in [5, 5.41) is 3.39. The number of esters is 1. The average Bonchev–Trinajstić information content (AvgIpc) is 2.81. The highest BCUT2D eigenvalue weighted by Gasteiger charge is 2.55. The van der Waals surface area contributed by atoms with Crippen LogP contribution in [0.4, 0.5) is 0 Å². The zero-order chi connectivity index (χ0) is 16.0. The number of rotatable bonds is 2. The van der Waals surface area contributed by atoms with Crippen LogP contribution in [0, 0.1) is 23.2 Å². The van der Waals surface area contributed by atoms with Gasteiger partial charge in [0.1, 0.15) is 6.10 Å². The Morgan fingerprint density at radius 1 is 1.39 bits per heavy atom. The molecule has 4 aliphatic rings. The van der Waals surface area contributed by atoms with Gasteiger partial charge in [-0.25, -0.2) is 0 Å². The minimum atomic E-state index is 0.0615. The van der Waals surface area contributed by atoms with E-state index in [2.05, 4.69) is 23.7 Å². The lowest BCUT2D eigenvalue weighted by atomic mass is 9.55. The SMILES string of the molecule is C=C1CCCC2(C)CC3OC(=O)C(CN4CCNCC4)C3CC12. The van der Waals surface area contributed by atoms with Crippen LogP contribution < -0.4 is 5.32 Å². The number of carbonyl (C=O) groups excluding carboxylic acids is 1. The van der Waals surface area contributed by atoms with Gasteiger partial charge in [-0.15, -0.1) is 0 Å². The molecular formula is C19H30N2O2. The summed E-state index contributed by atoms with van der Waals surface area (Å²) >= 11 is 0. The second-order valence-electron chi connectivity index (χ2n) is 8.45. The molecule has 128 valence electrons. The van der Waals surface area contributed by atoms with Crippen molar-refractivity contribution in [1.82, 2.24) is 10.2 Å². The fourth-order valence-electron chi connectivity index (χ4n) is 5.64. The van der Waals surface area contributed by atoms with Crippen molar-refractivity contribution >= 4 is 5.97 Å². The quantitative estimate of drug-likeness (QED) is 0.626. The van der Waals surface area contributed by atoms with Crippen molar-refractivity contribution in [1.29, 1.82) is 0 Å². The smallest absolute Gasteiger partial charge is 0.310 e. The molecule has 0 amide bonds. The summed E-state index contributed by atoms with van der Waals surface area (Å²) in [6.45, 7) is 11.8. The van der Waals surface area contributed by atoms with Gasteiger partial charge < -0.3 is 10.1 Å². The van der Waals surface area contributed by atoms with Crippen molar-refractivity contribution in [2.45, 2.75) is 45.1 Å². The van der Waals surface area contributed by atoms with Gasteiger partial charge in [0.15, 0.2) is 0 Å². The van der Waals surface area contributed by atoms with Gasteiger partial charge in [-0.05, 0) is 43.4 Å². The number of piperazine rings is 1. The molecule has 4 nitrogen and oxygen atoms in total. The normalized spacial score (nSPS) is 44.6. The molecule has 4 fully saturated rings. The van der Waals surface area contributed by atoms with Crippen LogP contribution in [0.15, 0.2) is 12.2 Å². The third-order valence-electron chi connectivity index (χ3n) is 6.98. The highest BCUT2D eigenvalue weighted by Crippen LogP contribution is 2.56. The zero-order valence-electron chi connectivity index (χ0n) is 14.4. The summed E-state index contributed by atoms with van der Waals surface area (Å²) in [7, 11) is 0. The Kier molecular flexibility index (Phi) is 4.01. The number of ether oxygens (including phenoxy) is 1. The number of hydrogen-bond donors (Lipinski definition) is 1. The summed E-state index contributed by atoms with van der Waals surface area (Å²) < 4.78 is 5.86. The summed E-state index contributed by atoms with van der Waals surface area (Å²) in [5.74, 6) is 1.15. The molecule has 0 aromatic rings. The van der Waals surface area contributed by atoms with Gasteiger partial charge in [0.05, 0.1) is 5.92 Å². The lowest BCUT2D eigenvalue weighted by Gasteiger charge is -2.50. The summed E-state index contributed by atoms with van der Waals surface area (Å²) in [6.07, 6.45) is 6.01. The number of hydrogen-bond acceptors (Lipinski definition) is 4. The maximum Gasteiger partial charge on any atom is 0.310 e. The summed E-state index contributed by atoms with van der Waals surface area (Å²) in [6, 6.07) is 0. The largest absolute Gasteiger partial charge is 0.462 e. The predicted molar refractivity (Wildman–Crippen MR) is 90.0 cm³/mol. The van der Waals surface area contributed by atoms with Crippen LogP contribution in [-0.4, -0.2) is 49.7 Å². The minimum Gasteiger partial charge on any atom is -0.462 e. The minimum absolute atomic E-state index is 0.0615. The van der Waals surface area contributed by atoms with Crippen molar-refractivity contribution < 1.29 is 9.53 Å². The van der Waals surface area contributed by atoms with Crippen LogP contribution >= 0.6 is 0 Å². The second-order valence-corrected chi connectivity index (χ2v) is 8.45. The maximum absolute atomic E-state index is 12.5. The number of carbonyl (C=O) groups is 1. The van der Waals surface area contributed by atoms with E-state index in [1.54, 1.807) is 0 Å². The number of allylic oxidation sites excluding steroid dienone is 1. The molecule has 4 rings (SSSR count). The molecule has 2 saturated heterocycles. The van der Waals surface area contributed by atoms with Crippen molar-refractivity contribution in [3.63, 3.8) is 0 Å². The molecule has 0 aromatic heterocycles. The van der Waals surface area contributed by atoms with E-state index in [1.165, 1.54) is 24.8 Å². The first-order valence-electron chi connectivity index (χ1n) is 9.38. The first-order valence-corrected chi connectivity index (χ1v) is 9.38. The first kappa shape index (κ1) is 15.6. The molecule has 5 atom stereocenters. The Hall–Kier alpha value is -0.870. The molecule has 0 spiro atoms. The third-order valence-corrected chi connectivity index (χ3v) is 6.98. The van der Waals surface area contributed by atoms with Crippen LogP contribution in [0.1, 0.15) is 39.0 Å². The van der Waals surface area contributed by atoms with Gasteiger partial charge in [0.2, 0.25) is 0 Å². The fraction of sp³-hybridized carbons (Fsp3) is 0.842. The molecule has 0 bridgehead atoms. The van der Waals surface area contributed by atoms with Crippen molar-refractivity contribution in [2.75, 3.05) is 32.7 Å². The Morgan fingerprint density at radius 2 is 2.17 bits per heavy atom. The molecule has 0 aromatic carbocycles. The van der Waals surface area contributed by atoms with Crippen LogP contribution in [-0.2, 0) is 9.53 Å². The molecule has 2 heterocycles. The zero-order valence-corrected chi connectivity index (χ0v) is 14.4. The van der Waals surface area contributed by atoms with E-state index in [-0.39, 0.29) is 18.0 Å². The molecule has 2 saturated carbocycles. The monoisotopic (exact) mass is 318 g/mol. The first-order chi connectivity index (χ1) is 11.1. The van der Waals surface area contributed by atoms with Crippen LogP contribution in [0.2, 0.25) is 0 Å². The van der Waals surface area contributed by atoms with Gasteiger partial charge >= 0.3 is 5.97 Å². The summed E-state index contributed by atoms with van der Waals surface area (Å²) in [5.41, 5.74) is 1.73.